The van der Waals surface area contributed by atoms with Gasteiger partial charge in [0.25, 0.3) is 0 Å². The number of piperidine rings is 1. The van der Waals surface area contributed by atoms with Gasteiger partial charge in [-0.2, -0.15) is 0 Å². The van der Waals surface area contributed by atoms with Crippen LogP contribution in [0.4, 0.5) is 0 Å². The van der Waals surface area contributed by atoms with Gasteiger partial charge in [-0.25, -0.2) is 0 Å². The fraction of sp³-hybridized carbons (Fsp3) is 0.500. The number of hydrogen-bond donors (Lipinski definition) is 0. The van der Waals surface area contributed by atoms with Crippen molar-refractivity contribution in [3.8, 4) is 0 Å². The van der Waals surface area contributed by atoms with Crippen LogP contribution in [-0.2, 0) is 4.79 Å². The van der Waals surface area contributed by atoms with Crippen LogP contribution >= 0.6 is 23.4 Å². The van der Waals surface area contributed by atoms with Crippen molar-refractivity contribution in [1.29, 1.82) is 0 Å². The Morgan fingerprint density at radius 3 is 3.00 bits per heavy atom. The number of benzene rings is 1. The third kappa shape index (κ3) is 3.66. The Morgan fingerprint density at radius 1 is 1.50 bits per heavy atom. The molecule has 98 valence electrons. The van der Waals surface area contributed by atoms with Crippen molar-refractivity contribution in [2.24, 2.45) is 5.92 Å². The molecule has 1 heterocycles. The van der Waals surface area contributed by atoms with E-state index in [0.717, 1.165) is 29.4 Å². The van der Waals surface area contributed by atoms with Crippen LogP contribution in [0, 0.1) is 5.92 Å². The van der Waals surface area contributed by atoms with Gasteiger partial charge >= 0.3 is 0 Å². The number of likely N-dealkylation sites (tertiary alicyclic amines) is 1. The fourth-order valence-electron chi connectivity index (χ4n) is 2.21. The zero-order valence-corrected chi connectivity index (χ0v) is 12.1. The van der Waals surface area contributed by atoms with Crippen LogP contribution in [0.25, 0.3) is 0 Å². The van der Waals surface area contributed by atoms with Gasteiger partial charge in [-0.3, -0.25) is 4.79 Å². The molecule has 0 bridgehead atoms. The van der Waals surface area contributed by atoms with Gasteiger partial charge in [-0.1, -0.05) is 30.7 Å². The van der Waals surface area contributed by atoms with Crippen molar-refractivity contribution >= 4 is 29.3 Å². The summed E-state index contributed by atoms with van der Waals surface area (Å²) < 4.78 is 0. The fourth-order valence-corrected chi connectivity index (χ4v) is 3.35. The topological polar surface area (TPSA) is 20.3 Å². The summed E-state index contributed by atoms with van der Waals surface area (Å²) in [7, 11) is 0. The maximum Gasteiger partial charge on any atom is 0.232 e. The van der Waals surface area contributed by atoms with Gasteiger partial charge in [0.15, 0.2) is 0 Å². The molecule has 0 N–H and O–H groups in total. The predicted octanol–water partition coefficient (Wildman–Crippen LogP) is 3.69. The molecule has 1 aliphatic rings. The van der Waals surface area contributed by atoms with E-state index >= 15 is 0 Å². The average Bonchev–Trinajstić information content (AvgIpc) is 2.37. The van der Waals surface area contributed by atoms with Crippen LogP contribution in [0.5, 0.6) is 0 Å². The second-order valence-corrected chi connectivity index (χ2v) is 6.23. The van der Waals surface area contributed by atoms with E-state index in [2.05, 4.69) is 6.92 Å². The molecule has 0 saturated carbocycles. The van der Waals surface area contributed by atoms with E-state index in [1.807, 2.05) is 29.2 Å². The number of amides is 1. The van der Waals surface area contributed by atoms with Crippen molar-refractivity contribution in [3.63, 3.8) is 0 Å². The highest BCUT2D eigenvalue weighted by molar-refractivity contribution is 8.00. The van der Waals surface area contributed by atoms with E-state index in [0.29, 0.717) is 11.7 Å². The smallest absolute Gasteiger partial charge is 0.232 e. The minimum absolute atomic E-state index is 0.228. The number of halogens is 1. The van der Waals surface area contributed by atoms with Gasteiger partial charge < -0.3 is 4.90 Å². The van der Waals surface area contributed by atoms with Gasteiger partial charge in [-0.05, 0) is 30.9 Å². The van der Waals surface area contributed by atoms with Gasteiger partial charge in [-0.15, -0.1) is 11.8 Å². The van der Waals surface area contributed by atoms with Crippen molar-refractivity contribution in [2.75, 3.05) is 18.8 Å². The number of nitrogens with zero attached hydrogens (tertiary/aromatic N) is 1. The lowest BCUT2D eigenvalue weighted by Gasteiger charge is -2.30. The average molecular weight is 284 g/mol. The Hall–Kier alpha value is -0.670. The minimum atomic E-state index is 0.228. The number of thioether (sulfide) groups is 1. The summed E-state index contributed by atoms with van der Waals surface area (Å²) in [4.78, 5) is 15.1. The standard InChI is InChI=1S/C14H18ClNOS/c1-11-5-4-8-16(9-11)14(17)10-18-13-7-3-2-6-12(13)15/h2-3,6-7,11H,4-5,8-10H2,1H3. The molecule has 0 radical (unpaired) electrons. The molecule has 0 aliphatic carbocycles. The molecule has 1 atom stereocenters. The normalized spacial score (nSPS) is 19.9. The highest BCUT2D eigenvalue weighted by Crippen LogP contribution is 2.27. The number of rotatable bonds is 3. The summed E-state index contributed by atoms with van der Waals surface area (Å²) in [6.45, 7) is 4.02. The summed E-state index contributed by atoms with van der Waals surface area (Å²) in [5.41, 5.74) is 0. The minimum Gasteiger partial charge on any atom is -0.342 e. The number of carbonyl (C=O) groups excluding carboxylic acids is 1. The largest absolute Gasteiger partial charge is 0.342 e. The lowest BCUT2D eigenvalue weighted by Crippen LogP contribution is -2.40. The molecule has 2 nitrogen and oxygen atoms in total. The van der Waals surface area contributed by atoms with Crippen molar-refractivity contribution in [1.82, 2.24) is 4.90 Å². The molecule has 1 aliphatic heterocycles. The zero-order valence-electron chi connectivity index (χ0n) is 10.6. The number of carbonyl (C=O) groups is 1. The van der Waals surface area contributed by atoms with E-state index in [9.17, 15) is 4.79 Å². The third-order valence-corrected chi connectivity index (χ3v) is 4.70. The molecule has 0 aromatic heterocycles. The first-order valence-corrected chi connectivity index (χ1v) is 7.68. The Kier molecular flexibility index (Phi) is 4.95. The molecule has 1 aromatic carbocycles. The molecule has 4 heteroatoms. The zero-order chi connectivity index (χ0) is 13.0. The second-order valence-electron chi connectivity index (χ2n) is 4.81. The van der Waals surface area contributed by atoms with E-state index in [4.69, 9.17) is 11.6 Å². The molecular weight excluding hydrogens is 266 g/mol. The summed E-state index contributed by atoms with van der Waals surface area (Å²) in [5, 5.41) is 0.724. The molecular formula is C14H18ClNOS. The lowest BCUT2D eigenvalue weighted by molar-refractivity contribution is -0.130. The monoisotopic (exact) mass is 283 g/mol. The Bertz CT molecular complexity index is 424. The SMILES string of the molecule is CC1CCCN(C(=O)CSc2ccccc2Cl)C1. The van der Waals surface area contributed by atoms with Crippen LogP contribution in [0.15, 0.2) is 29.2 Å². The number of hydrogen-bond acceptors (Lipinski definition) is 2. The first kappa shape index (κ1) is 13.8. The first-order valence-electron chi connectivity index (χ1n) is 6.32. The van der Waals surface area contributed by atoms with E-state index < -0.39 is 0 Å². The van der Waals surface area contributed by atoms with Crippen LogP contribution < -0.4 is 0 Å². The van der Waals surface area contributed by atoms with Gasteiger partial charge in [0.05, 0.1) is 10.8 Å². The summed E-state index contributed by atoms with van der Waals surface area (Å²) in [6.07, 6.45) is 2.37. The van der Waals surface area contributed by atoms with Crippen molar-refractivity contribution < 1.29 is 4.79 Å². The first-order chi connectivity index (χ1) is 8.66. The molecule has 1 amide bonds. The molecule has 0 spiro atoms. The van der Waals surface area contributed by atoms with Gasteiger partial charge in [0, 0.05) is 18.0 Å². The molecule has 1 fully saturated rings. The second kappa shape index (κ2) is 6.48. The maximum atomic E-state index is 12.1. The van der Waals surface area contributed by atoms with Crippen molar-refractivity contribution in [2.45, 2.75) is 24.7 Å². The Morgan fingerprint density at radius 2 is 2.28 bits per heavy atom. The van der Waals surface area contributed by atoms with Crippen LogP contribution in [0.3, 0.4) is 0 Å². The summed E-state index contributed by atoms with van der Waals surface area (Å²) in [6, 6.07) is 7.67. The Balaban J connectivity index is 1.86. The van der Waals surface area contributed by atoms with E-state index in [-0.39, 0.29) is 5.91 Å². The van der Waals surface area contributed by atoms with Gasteiger partial charge in [0.1, 0.15) is 0 Å². The summed E-state index contributed by atoms with van der Waals surface area (Å²) >= 11 is 7.60. The highest BCUT2D eigenvalue weighted by atomic mass is 35.5. The third-order valence-electron chi connectivity index (χ3n) is 3.20. The molecule has 1 unspecified atom stereocenters. The summed E-state index contributed by atoms with van der Waals surface area (Å²) in [5.74, 6) is 1.34. The van der Waals surface area contributed by atoms with Crippen LogP contribution in [0.2, 0.25) is 5.02 Å². The van der Waals surface area contributed by atoms with Crippen LogP contribution in [0.1, 0.15) is 19.8 Å². The van der Waals surface area contributed by atoms with Crippen molar-refractivity contribution in [3.05, 3.63) is 29.3 Å². The van der Waals surface area contributed by atoms with E-state index in [1.54, 1.807) is 0 Å². The van der Waals surface area contributed by atoms with Crippen LogP contribution in [-0.4, -0.2) is 29.6 Å². The molecule has 1 aromatic rings. The highest BCUT2D eigenvalue weighted by Gasteiger charge is 2.20. The van der Waals surface area contributed by atoms with Gasteiger partial charge in [0.2, 0.25) is 5.91 Å². The Labute approximate surface area is 118 Å². The lowest BCUT2D eigenvalue weighted by atomic mass is 10.0. The molecule has 18 heavy (non-hydrogen) atoms. The quantitative estimate of drug-likeness (QED) is 0.789. The predicted molar refractivity (Wildman–Crippen MR) is 77.2 cm³/mol. The molecule has 1 saturated heterocycles. The van der Waals surface area contributed by atoms with E-state index in [1.165, 1.54) is 18.2 Å². The molecule has 2 rings (SSSR count). The maximum absolute atomic E-state index is 12.1.